The normalized spacial score (nSPS) is 26.0. The van der Waals surface area contributed by atoms with Crippen LogP contribution in [0.5, 0.6) is 0 Å². The minimum absolute atomic E-state index is 0.247. The SMILES string of the molecule is O=C(O)C1CCc2nc(CC3CCCCO3)ncc2C1. The van der Waals surface area contributed by atoms with Crippen LogP contribution in [0.3, 0.4) is 0 Å². The molecule has 1 aromatic heterocycles. The second-order valence-corrected chi connectivity index (χ2v) is 5.73. The van der Waals surface area contributed by atoms with Crippen LogP contribution in [-0.4, -0.2) is 33.8 Å². The molecule has 5 heteroatoms. The van der Waals surface area contributed by atoms with Gasteiger partial charge in [0.1, 0.15) is 5.82 Å². The van der Waals surface area contributed by atoms with Crippen LogP contribution >= 0.6 is 0 Å². The Morgan fingerprint density at radius 1 is 1.40 bits per heavy atom. The fourth-order valence-corrected chi connectivity index (χ4v) is 3.03. The van der Waals surface area contributed by atoms with Gasteiger partial charge in [-0.05, 0) is 44.1 Å². The van der Waals surface area contributed by atoms with Crippen molar-refractivity contribution >= 4 is 5.97 Å². The van der Waals surface area contributed by atoms with Crippen LogP contribution in [-0.2, 0) is 28.8 Å². The number of carboxylic acids is 1. The van der Waals surface area contributed by atoms with Crippen molar-refractivity contribution in [1.82, 2.24) is 9.97 Å². The molecule has 3 rings (SSSR count). The number of aryl methyl sites for hydroxylation is 1. The maximum atomic E-state index is 11.0. The van der Waals surface area contributed by atoms with Gasteiger partial charge in [0.25, 0.3) is 0 Å². The number of hydrogen-bond donors (Lipinski definition) is 1. The third kappa shape index (κ3) is 2.98. The van der Waals surface area contributed by atoms with Gasteiger partial charge in [-0.15, -0.1) is 0 Å². The Morgan fingerprint density at radius 3 is 3.05 bits per heavy atom. The van der Waals surface area contributed by atoms with Gasteiger partial charge in [0.15, 0.2) is 0 Å². The number of carbonyl (C=O) groups is 1. The first-order chi connectivity index (χ1) is 9.72. The Bertz CT molecular complexity index is 498. The Labute approximate surface area is 118 Å². The number of aliphatic carboxylic acids is 1. The van der Waals surface area contributed by atoms with Gasteiger partial charge in [0.2, 0.25) is 0 Å². The first-order valence-corrected chi connectivity index (χ1v) is 7.40. The van der Waals surface area contributed by atoms with Gasteiger partial charge in [-0.3, -0.25) is 4.79 Å². The van der Waals surface area contributed by atoms with E-state index in [9.17, 15) is 4.79 Å². The van der Waals surface area contributed by atoms with Crippen molar-refractivity contribution in [3.63, 3.8) is 0 Å². The highest BCUT2D eigenvalue weighted by atomic mass is 16.5. The molecule has 20 heavy (non-hydrogen) atoms. The van der Waals surface area contributed by atoms with Crippen LogP contribution in [0.4, 0.5) is 0 Å². The van der Waals surface area contributed by atoms with Crippen molar-refractivity contribution in [3.05, 3.63) is 23.3 Å². The number of nitrogens with zero attached hydrogens (tertiary/aromatic N) is 2. The third-order valence-corrected chi connectivity index (χ3v) is 4.23. The minimum Gasteiger partial charge on any atom is -0.481 e. The van der Waals surface area contributed by atoms with Gasteiger partial charge in [-0.1, -0.05) is 0 Å². The molecule has 1 saturated heterocycles. The van der Waals surface area contributed by atoms with Gasteiger partial charge in [0.05, 0.1) is 12.0 Å². The second kappa shape index (κ2) is 5.87. The molecule has 2 aliphatic rings. The lowest BCUT2D eigenvalue weighted by molar-refractivity contribution is -0.142. The fourth-order valence-electron chi connectivity index (χ4n) is 3.03. The highest BCUT2D eigenvalue weighted by molar-refractivity contribution is 5.70. The molecule has 0 saturated carbocycles. The summed E-state index contributed by atoms with van der Waals surface area (Å²) < 4.78 is 5.72. The molecule has 0 radical (unpaired) electrons. The van der Waals surface area contributed by atoms with Crippen LogP contribution in [0.15, 0.2) is 6.20 Å². The number of rotatable bonds is 3. The zero-order valence-electron chi connectivity index (χ0n) is 11.5. The lowest BCUT2D eigenvalue weighted by Crippen LogP contribution is -2.25. The third-order valence-electron chi connectivity index (χ3n) is 4.23. The van der Waals surface area contributed by atoms with Crippen molar-refractivity contribution in [2.45, 2.75) is 51.0 Å². The van der Waals surface area contributed by atoms with E-state index in [1.807, 2.05) is 6.20 Å². The predicted molar refractivity (Wildman–Crippen MR) is 72.5 cm³/mol. The number of carboxylic acid groups (broad SMARTS) is 1. The Kier molecular flexibility index (Phi) is 3.96. The van der Waals surface area contributed by atoms with Gasteiger partial charge in [-0.2, -0.15) is 0 Å². The Balaban J connectivity index is 1.68. The van der Waals surface area contributed by atoms with Crippen LogP contribution < -0.4 is 0 Å². The lowest BCUT2D eigenvalue weighted by Gasteiger charge is -2.23. The molecule has 0 aromatic carbocycles. The lowest BCUT2D eigenvalue weighted by atomic mass is 9.87. The standard InChI is InChI=1S/C15H20N2O3/c18-15(19)10-4-5-13-11(7-10)9-16-14(17-13)8-12-3-1-2-6-20-12/h9-10,12H,1-8H2,(H,18,19). The number of aromatic nitrogens is 2. The molecule has 108 valence electrons. The van der Waals surface area contributed by atoms with Crippen molar-refractivity contribution in [1.29, 1.82) is 0 Å². The molecular weight excluding hydrogens is 256 g/mol. The molecular formula is C15H20N2O3. The summed E-state index contributed by atoms with van der Waals surface area (Å²) in [6, 6.07) is 0. The van der Waals surface area contributed by atoms with Gasteiger partial charge < -0.3 is 9.84 Å². The summed E-state index contributed by atoms with van der Waals surface area (Å²) in [5, 5.41) is 9.08. The molecule has 2 unspecified atom stereocenters. The predicted octanol–water partition coefficient (Wildman–Crippen LogP) is 1.78. The van der Waals surface area contributed by atoms with Crippen LogP contribution in [0.25, 0.3) is 0 Å². The molecule has 1 fully saturated rings. The maximum Gasteiger partial charge on any atom is 0.306 e. The molecule has 0 spiro atoms. The number of ether oxygens (including phenoxy) is 1. The first kappa shape index (κ1) is 13.5. The van der Waals surface area contributed by atoms with Crippen LogP contribution in [0.2, 0.25) is 0 Å². The average Bonchev–Trinajstić information content (AvgIpc) is 2.47. The van der Waals surface area contributed by atoms with E-state index in [-0.39, 0.29) is 12.0 Å². The van der Waals surface area contributed by atoms with E-state index < -0.39 is 5.97 Å². The number of hydrogen-bond acceptors (Lipinski definition) is 4. The summed E-state index contributed by atoms with van der Waals surface area (Å²) in [6.45, 7) is 0.843. The molecule has 1 aliphatic heterocycles. The van der Waals surface area contributed by atoms with Gasteiger partial charge in [0, 0.05) is 24.9 Å². The van der Waals surface area contributed by atoms with E-state index in [1.165, 1.54) is 6.42 Å². The van der Waals surface area contributed by atoms with E-state index >= 15 is 0 Å². The van der Waals surface area contributed by atoms with Gasteiger partial charge in [-0.25, -0.2) is 9.97 Å². The molecule has 2 heterocycles. The van der Waals surface area contributed by atoms with Crippen molar-refractivity contribution in [2.24, 2.45) is 5.92 Å². The van der Waals surface area contributed by atoms with Crippen molar-refractivity contribution in [3.8, 4) is 0 Å². The second-order valence-electron chi connectivity index (χ2n) is 5.73. The van der Waals surface area contributed by atoms with Crippen LogP contribution in [0.1, 0.15) is 42.8 Å². The van der Waals surface area contributed by atoms with E-state index in [1.54, 1.807) is 0 Å². The Hall–Kier alpha value is -1.49. The molecule has 0 bridgehead atoms. The van der Waals surface area contributed by atoms with Crippen molar-refractivity contribution in [2.75, 3.05) is 6.61 Å². The van der Waals surface area contributed by atoms with Crippen LogP contribution in [0, 0.1) is 5.92 Å². The van der Waals surface area contributed by atoms with E-state index in [2.05, 4.69) is 9.97 Å². The summed E-state index contributed by atoms with van der Waals surface area (Å²) in [4.78, 5) is 20.0. The maximum absolute atomic E-state index is 11.0. The summed E-state index contributed by atoms with van der Waals surface area (Å²) in [5.74, 6) is -0.154. The fraction of sp³-hybridized carbons (Fsp3) is 0.667. The topological polar surface area (TPSA) is 72.3 Å². The molecule has 2 atom stereocenters. The summed E-state index contributed by atoms with van der Waals surface area (Å²) in [7, 11) is 0. The van der Waals surface area contributed by atoms with E-state index in [0.29, 0.717) is 12.8 Å². The summed E-state index contributed by atoms with van der Waals surface area (Å²) in [5.41, 5.74) is 2.03. The highest BCUT2D eigenvalue weighted by Gasteiger charge is 2.26. The zero-order valence-corrected chi connectivity index (χ0v) is 11.5. The molecule has 1 N–H and O–H groups in total. The quantitative estimate of drug-likeness (QED) is 0.911. The van der Waals surface area contributed by atoms with E-state index in [0.717, 1.165) is 49.4 Å². The van der Waals surface area contributed by atoms with E-state index in [4.69, 9.17) is 9.84 Å². The largest absolute Gasteiger partial charge is 0.481 e. The molecule has 0 amide bonds. The zero-order chi connectivity index (χ0) is 13.9. The average molecular weight is 276 g/mol. The molecule has 5 nitrogen and oxygen atoms in total. The summed E-state index contributed by atoms with van der Waals surface area (Å²) >= 11 is 0. The molecule has 1 aliphatic carbocycles. The monoisotopic (exact) mass is 276 g/mol. The first-order valence-electron chi connectivity index (χ1n) is 7.40. The minimum atomic E-state index is -0.713. The van der Waals surface area contributed by atoms with Gasteiger partial charge >= 0.3 is 5.97 Å². The molecule has 1 aromatic rings. The highest BCUT2D eigenvalue weighted by Crippen LogP contribution is 2.24. The van der Waals surface area contributed by atoms with Crippen molar-refractivity contribution < 1.29 is 14.6 Å². The Morgan fingerprint density at radius 2 is 2.30 bits per heavy atom. The number of fused-ring (bicyclic) bond motifs is 1. The smallest absolute Gasteiger partial charge is 0.306 e. The summed E-state index contributed by atoms with van der Waals surface area (Å²) in [6.07, 6.45) is 8.27.